The van der Waals surface area contributed by atoms with Gasteiger partial charge in [0.15, 0.2) is 5.69 Å². The normalized spacial score (nSPS) is 14.7. The first kappa shape index (κ1) is 30.5. The Morgan fingerprint density at radius 2 is 1.93 bits per heavy atom. The molecule has 1 atom stereocenters. The second kappa shape index (κ2) is 13.9. The fourth-order valence-electron chi connectivity index (χ4n) is 4.33. The van der Waals surface area contributed by atoms with Gasteiger partial charge in [-0.25, -0.2) is 18.7 Å². The number of carbonyl (C=O) groups is 2. The fourth-order valence-corrected chi connectivity index (χ4v) is 4.33. The van der Waals surface area contributed by atoms with Gasteiger partial charge in [-0.15, -0.1) is 18.3 Å². The molecule has 1 aliphatic rings. The van der Waals surface area contributed by atoms with Crippen LogP contribution >= 0.6 is 0 Å². The summed E-state index contributed by atoms with van der Waals surface area (Å²) in [5.74, 6) is -1.05. The van der Waals surface area contributed by atoms with Gasteiger partial charge in [0.05, 0.1) is 12.7 Å². The molecule has 1 unspecified atom stereocenters. The molecule has 16 heteroatoms. The zero-order valence-electron chi connectivity index (χ0n) is 22.3. The zero-order chi connectivity index (χ0) is 30.1. The van der Waals surface area contributed by atoms with Crippen molar-refractivity contribution in [3.63, 3.8) is 0 Å². The van der Waals surface area contributed by atoms with E-state index in [-0.39, 0.29) is 43.7 Å². The van der Waals surface area contributed by atoms with Crippen molar-refractivity contribution in [2.45, 2.75) is 76.8 Å². The Kier molecular flexibility index (Phi) is 10.1. The molecule has 2 amide bonds. The van der Waals surface area contributed by atoms with E-state index in [2.05, 4.69) is 30.7 Å². The number of amides is 2. The van der Waals surface area contributed by atoms with Gasteiger partial charge in [0.25, 0.3) is 5.91 Å². The Balaban J connectivity index is 1.21. The Hall–Kier alpha value is -4.50. The third-order valence-corrected chi connectivity index (χ3v) is 6.35. The highest BCUT2D eigenvalue weighted by Crippen LogP contribution is 2.23. The number of aryl methyl sites for hydroxylation is 1. The van der Waals surface area contributed by atoms with Crippen molar-refractivity contribution >= 4 is 17.8 Å². The minimum Gasteiger partial charge on any atom is -0.446 e. The first-order valence-corrected chi connectivity index (χ1v) is 13.3. The highest BCUT2D eigenvalue weighted by molar-refractivity contribution is 5.91. The lowest BCUT2D eigenvalue weighted by molar-refractivity contribution is -0.274. The van der Waals surface area contributed by atoms with E-state index >= 15 is 0 Å². The van der Waals surface area contributed by atoms with E-state index in [1.807, 2.05) is 0 Å². The molecule has 1 saturated carbocycles. The lowest BCUT2D eigenvalue weighted by atomic mass is 9.98. The molecule has 0 saturated heterocycles. The third-order valence-electron chi connectivity index (χ3n) is 6.35. The maximum absolute atomic E-state index is 14.6. The summed E-state index contributed by atoms with van der Waals surface area (Å²) in [6, 6.07) is 6.54. The lowest BCUT2D eigenvalue weighted by Gasteiger charge is -2.21. The summed E-state index contributed by atoms with van der Waals surface area (Å²) in [7, 11) is 0. The van der Waals surface area contributed by atoms with Crippen LogP contribution in [0.4, 0.5) is 28.2 Å². The Morgan fingerprint density at radius 1 is 1.14 bits per heavy atom. The summed E-state index contributed by atoms with van der Waals surface area (Å²) in [5, 5.41) is 12.4. The van der Waals surface area contributed by atoms with Crippen LogP contribution in [-0.4, -0.2) is 55.2 Å². The van der Waals surface area contributed by atoms with Gasteiger partial charge in [-0.1, -0.05) is 23.8 Å². The SMILES string of the molecule is O=C(Nc1ccn(CCC(F)Cn2cc(C(=O)NCc3cccc(OC(F)(F)F)c3)nn2)c(=O)n1)OC1CCCCC1. The number of carbonyl (C=O) groups excluding carboxylic acids is 2. The van der Waals surface area contributed by atoms with Gasteiger partial charge in [0.2, 0.25) is 0 Å². The summed E-state index contributed by atoms with van der Waals surface area (Å²) in [6.45, 7) is -0.351. The number of rotatable bonds is 11. The number of alkyl halides is 4. The van der Waals surface area contributed by atoms with Gasteiger partial charge in [0.1, 0.15) is 23.8 Å². The van der Waals surface area contributed by atoms with Crippen LogP contribution in [0.5, 0.6) is 5.75 Å². The van der Waals surface area contributed by atoms with Gasteiger partial charge in [-0.2, -0.15) is 4.98 Å². The number of nitrogens with one attached hydrogen (secondary N) is 2. The molecule has 42 heavy (non-hydrogen) atoms. The smallest absolute Gasteiger partial charge is 0.446 e. The summed E-state index contributed by atoms with van der Waals surface area (Å²) in [6.07, 6.45) is 0.152. The molecule has 4 rings (SSSR count). The number of aromatic nitrogens is 5. The van der Waals surface area contributed by atoms with E-state index in [1.165, 1.54) is 35.2 Å². The molecule has 0 spiro atoms. The van der Waals surface area contributed by atoms with E-state index in [0.717, 1.165) is 48.9 Å². The molecule has 2 heterocycles. The first-order chi connectivity index (χ1) is 20.0. The highest BCUT2D eigenvalue weighted by Gasteiger charge is 2.31. The standard InChI is InChI=1S/C26H29F4N7O5/c27-18(9-11-36-12-10-22(32-24(36)39)33-25(40)41-19-6-2-1-3-7-19)15-37-16-21(34-35-37)23(38)31-14-17-5-4-8-20(13-17)42-26(28,29)30/h4-5,8,10,12-13,16,18-19H,1-3,6-7,9,11,14-15H2,(H,31,38)(H,32,33,39,40). The Morgan fingerprint density at radius 3 is 2.67 bits per heavy atom. The van der Waals surface area contributed by atoms with E-state index in [0.29, 0.717) is 5.56 Å². The average Bonchev–Trinajstić information content (AvgIpc) is 3.39. The zero-order valence-corrected chi connectivity index (χ0v) is 22.3. The minimum atomic E-state index is -4.84. The van der Waals surface area contributed by atoms with Crippen LogP contribution in [0.2, 0.25) is 0 Å². The predicted molar refractivity (Wildman–Crippen MR) is 139 cm³/mol. The van der Waals surface area contributed by atoms with Gasteiger partial charge in [0, 0.05) is 19.3 Å². The van der Waals surface area contributed by atoms with E-state index < -0.39 is 36.0 Å². The minimum absolute atomic E-state index is 0.00103. The van der Waals surface area contributed by atoms with Crippen LogP contribution in [0, 0.1) is 0 Å². The molecule has 1 fully saturated rings. The Bertz CT molecular complexity index is 1420. The molecule has 3 aromatic rings. The summed E-state index contributed by atoms with van der Waals surface area (Å²) in [5.41, 5.74) is -0.433. The maximum atomic E-state index is 14.6. The fraction of sp³-hybridized carbons (Fsp3) is 0.462. The molecule has 1 aliphatic carbocycles. The van der Waals surface area contributed by atoms with E-state index in [1.54, 1.807) is 0 Å². The van der Waals surface area contributed by atoms with Gasteiger partial charge >= 0.3 is 18.1 Å². The van der Waals surface area contributed by atoms with Crippen molar-refractivity contribution in [2.75, 3.05) is 5.32 Å². The summed E-state index contributed by atoms with van der Waals surface area (Å²) >= 11 is 0. The largest absolute Gasteiger partial charge is 0.573 e. The molecule has 0 radical (unpaired) electrons. The topological polar surface area (TPSA) is 142 Å². The van der Waals surface area contributed by atoms with Crippen molar-refractivity contribution in [1.29, 1.82) is 0 Å². The second-order valence-electron chi connectivity index (χ2n) is 9.67. The molecule has 2 aromatic heterocycles. The van der Waals surface area contributed by atoms with Crippen LogP contribution in [-0.2, 0) is 24.4 Å². The van der Waals surface area contributed by atoms with Crippen LogP contribution in [0.15, 0.2) is 47.5 Å². The molecule has 0 bridgehead atoms. The summed E-state index contributed by atoms with van der Waals surface area (Å²) in [4.78, 5) is 40.5. The maximum Gasteiger partial charge on any atom is 0.573 e. The molecule has 0 aliphatic heterocycles. The van der Waals surface area contributed by atoms with Crippen LogP contribution in [0.3, 0.4) is 0 Å². The molecule has 12 nitrogen and oxygen atoms in total. The van der Waals surface area contributed by atoms with Crippen molar-refractivity contribution in [2.24, 2.45) is 0 Å². The number of hydrogen-bond acceptors (Lipinski definition) is 8. The number of anilines is 1. The summed E-state index contributed by atoms with van der Waals surface area (Å²) < 4.78 is 63.3. The molecule has 2 N–H and O–H groups in total. The van der Waals surface area contributed by atoms with Crippen LogP contribution < -0.4 is 21.1 Å². The van der Waals surface area contributed by atoms with Crippen molar-refractivity contribution in [3.05, 3.63) is 64.5 Å². The Labute approximate surface area is 237 Å². The molecular formula is C26H29F4N7O5. The predicted octanol–water partition coefficient (Wildman–Crippen LogP) is 3.97. The monoisotopic (exact) mass is 595 g/mol. The van der Waals surface area contributed by atoms with E-state index in [9.17, 15) is 31.9 Å². The second-order valence-corrected chi connectivity index (χ2v) is 9.67. The van der Waals surface area contributed by atoms with E-state index in [4.69, 9.17) is 4.74 Å². The quantitative estimate of drug-likeness (QED) is 0.317. The van der Waals surface area contributed by atoms with Crippen LogP contribution in [0.1, 0.15) is 54.6 Å². The van der Waals surface area contributed by atoms with Crippen molar-refractivity contribution in [1.82, 2.24) is 29.9 Å². The number of benzene rings is 1. The number of ether oxygens (including phenoxy) is 2. The lowest BCUT2D eigenvalue weighted by Crippen LogP contribution is -2.28. The number of hydrogen-bond donors (Lipinski definition) is 2. The number of nitrogens with zero attached hydrogens (tertiary/aromatic N) is 5. The molecular weight excluding hydrogens is 566 g/mol. The molecule has 226 valence electrons. The van der Waals surface area contributed by atoms with Gasteiger partial charge < -0.3 is 14.8 Å². The van der Waals surface area contributed by atoms with Gasteiger partial charge in [-0.3, -0.25) is 14.7 Å². The number of halogens is 4. The van der Waals surface area contributed by atoms with Crippen LogP contribution in [0.25, 0.3) is 0 Å². The first-order valence-electron chi connectivity index (χ1n) is 13.3. The van der Waals surface area contributed by atoms with Gasteiger partial charge in [-0.05, 0) is 55.9 Å². The third kappa shape index (κ3) is 9.55. The van der Waals surface area contributed by atoms with Crippen molar-refractivity contribution < 1.29 is 36.6 Å². The molecule has 1 aromatic carbocycles. The average molecular weight is 596 g/mol. The van der Waals surface area contributed by atoms with Crippen molar-refractivity contribution in [3.8, 4) is 5.75 Å². The highest BCUT2D eigenvalue weighted by atomic mass is 19.4.